The number of amides is 2. The monoisotopic (exact) mass is 362 g/mol. The molecule has 27 heavy (non-hydrogen) atoms. The molecule has 0 bridgehead atoms. The third-order valence-electron chi connectivity index (χ3n) is 3.91. The number of nitrogens with zero attached hydrogens (tertiary/aromatic N) is 2. The van der Waals surface area contributed by atoms with Gasteiger partial charge in [-0.3, -0.25) is 9.59 Å². The zero-order chi connectivity index (χ0) is 19.2. The molecule has 7 nitrogen and oxygen atoms in total. The van der Waals surface area contributed by atoms with Gasteiger partial charge >= 0.3 is 0 Å². The normalized spacial score (nSPS) is 10.1. The summed E-state index contributed by atoms with van der Waals surface area (Å²) in [6.07, 6.45) is 1.39. The Hall–Kier alpha value is -3.74. The van der Waals surface area contributed by atoms with Crippen LogP contribution in [-0.2, 0) is 0 Å². The van der Waals surface area contributed by atoms with E-state index in [4.69, 9.17) is 4.74 Å². The Morgan fingerprint density at radius 1 is 0.926 bits per heavy atom. The van der Waals surface area contributed by atoms with Crippen molar-refractivity contribution in [2.45, 2.75) is 0 Å². The van der Waals surface area contributed by atoms with E-state index in [0.717, 1.165) is 11.3 Å². The van der Waals surface area contributed by atoms with Gasteiger partial charge in [0, 0.05) is 29.8 Å². The molecule has 0 fully saturated rings. The van der Waals surface area contributed by atoms with Crippen LogP contribution in [0.2, 0.25) is 0 Å². The van der Waals surface area contributed by atoms with Crippen molar-refractivity contribution in [2.24, 2.45) is 0 Å². The van der Waals surface area contributed by atoms with Crippen molar-refractivity contribution < 1.29 is 14.3 Å². The molecule has 1 heterocycles. The first-order chi connectivity index (χ1) is 13.1. The highest BCUT2D eigenvalue weighted by molar-refractivity contribution is 6.05. The molecule has 0 atom stereocenters. The SMILES string of the molecule is CNC(=O)c1cccc(C(=O)Nc2cc(-c3ccc(OC)cc3)ncn2)c1. The number of hydrogen-bond donors (Lipinski definition) is 2. The lowest BCUT2D eigenvalue weighted by Gasteiger charge is -2.08. The molecule has 136 valence electrons. The number of methoxy groups -OCH3 is 1. The van der Waals surface area contributed by atoms with Gasteiger partial charge in [-0.25, -0.2) is 9.97 Å². The Kier molecular flexibility index (Phi) is 5.41. The van der Waals surface area contributed by atoms with Crippen molar-refractivity contribution >= 4 is 17.6 Å². The van der Waals surface area contributed by atoms with E-state index in [2.05, 4.69) is 20.6 Å². The van der Waals surface area contributed by atoms with Crippen LogP contribution in [0.1, 0.15) is 20.7 Å². The van der Waals surface area contributed by atoms with Crippen LogP contribution >= 0.6 is 0 Å². The highest BCUT2D eigenvalue weighted by atomic mass is 16.5. The molecular weight excluding hydrogens is 344 g/mol. The molecule has 0 saturated heterocycles. The molecule has 0 aliphatic carbocycles. The van der Waals surface area contributed by atoms with Gasteiger partial charge in [0.2, 0.25) is 0 Å². The summed E-state index contributed by atoms with van der Waals surface area (Å²) in [7, 11) is 3.14. The Bertz CT molecular complexity index is 971. The highest BCUT2D eigenvalue weighted by Gasteiger charge is 2.11. The minimum absolute atomic E-state index is 0.256. The quantitative estimate of drug-likeness (QED) is 0.728. The second kappa shape index (κ2) is 8.09. The maximum Gasteiger partial charge on any atom is 0.256 e. The van der Waals surface area contributed by atoms with Gasteiger partial charge in [0.05, 0.1) is 12.8 Å². The zero-order valence-electron chi connectivity index (χ0n) is 14.9. The van der Waals surface area contributed by atoms with Gasteiger partial charge in [-0.1, -0.05) is 6.07 Å². The van der Waals surface area contributed by atoms with E-state index in [1.165, 1.54) is 19.4 Å². The lowest BCUT2D eigenvalue weighted by molar-refractivity contribution is 0.0963. The second-order valence-electron chi connectivity index (χ2n) is 5.63. The number of carbonyl (C=O) groups is 2. The van der Waals surface area contributed by atoms with E-state index < -0.39 is 0 Å². The van der Waals surface area contributed by atoms with Gasteiger partial charge < -0.3 is 15.4 Å². The minimum Gasteiger partial charge on any atom is -0.497 e. The van der Waals surface area contributed by atoms with Crippen LogP contribution in [0.25, 0.3) is 11.3 Å². The first kappa shape index (κ1) is 18.1. The summed E-state index contributed by atoms with van der Waals surface area (Å²) < 4.78 is 5.15. The predicted molar refractivity (Wildman–Crippen MR) is 102 cm³/mol. The number of rotatable bonds is 5. The molecule has 2 N–H and O–H groups in total. The van der Waals surface area contributed by atoms with Crippen molar-refractivity contribution in [2.75, 3.05) is 19.5 Å². The number of nitrogens with one attached hydrogen (secondary N) is 2. The van der Waals surface area contributed by atoms with Crippen LogP contribution < -0.4 is 15.4 Å². The minimum atomic E-state index is -0.361. The molecule has 1 aromatic heterocycles. The van der Waals surface area contributed by atoms with E-state index in [0.29, 0.717) is 22.6 Å². The summed E-state index contributed by atoms with van der Waals surface area (Å²) >= 11 is 0. The smallest absolute Gasteiger partial charge is 0.256 e. The van der Waals surface area contributed by atoms with Crippen molar-refractivity contribution in [1.82, 2.24) is 15.3 Å². The predicted octanol–water partition coefficient (Wildman–Crippen LogP) is 2.76. The van der Waals surface area contributed by atoms with Crippen LogP contribution in [0.4, 0.5) is 5.82 Å². The number of aromatic nitrogens is 2. The van der Waals surface area contributed by atoms with E-state index in [1.807, 2.05) is 24.3 Å². The molecule has 0 aliphatic rings. The van der Waals surface area contributed by atoms with E-state index in [9.17, 15) is 9.59 Å². The van der Waals surface area contributed by atoms with Crippen LogP contribution in [-0.4, -0.2) is 35.9 Å². The lowest BCUT2D eigenvalue weighted by Crippen LogP contribution is -2.19. The molecular formula is C20H18N4O3. The third kappa shape index (κ3) is 4.27. The van der Waals surface area contributed by atoms with Gasteiger partial charge in [-0.15, -0.1) is 0 Å². The fourth-order valence-electron chi connectivity index (χ4n) is 2.48. The maximum atomic E-state index is 12.5. The molecule has 3 aromatic rings. The Morgan fingerprint density at radius 3 is 2.30 bits per heavy atom. The standard InChI is InChI=1S/C20H18N4O3/c1-21-19(25)14-4-3-5-15(10-14)20(26)24-18-11-17(22-12-23-18)13-6-8-16(27-2)9-7-13/h3-12H,1-2H3,(H,21,25)(H,22,23,24,26). The fourth-order valence-corrected chi connectivity index (χ4v) is 2.48. The van der Waals surface area contributed by atoms with Crippen molar-refractivity contribution in [1.29, 1.82) is 0 Å². The zero-order valence-corrected chi connectivity index (χ0v) is 14.9. The maximum absolute atomic E-state index is 12.5. The van der Waals surface area contributed by atoms with Gasteiger partial charge in [0.25, 0.3) is 11.8 Å². The molecule has 0 spiro atoms. The fraction of sp³-hybridized carbons (Fsp3) is 0.100. The summed E-state index contributed by atoms with van der Waals surface area (Å²) in [6, 6.07) is 15.6. The van der Waals surface area contributed by atoms with E-state index in [-0.39, 0.29) is 11.8 Å². The molecule has 2 amide bonds. The first-order valence-corrected chi connectivity index (χ1v) is 8.20. The molecule has 0 aliphatic heterocycles. The number of anilines is 1. The average Bonchev–Trinajstić information content (AvgIpc) is 2.73. The van der Waals surface area contributed by atoms with Gasteiger partial charge in [0.15, 0.2) is 0 Å². The summed E-state index contributed by atoms with van der Waals surface area (Å²) in [4.78, 5) is 32.5. The van der Waals surface area contributed by atoms with Crippen LogP contribution in [0.3, 0.4) is 0 Å². The van der Waals surface area contributed by atoms with Gasteiger partial charge in [-0.2, -0.15) is 0 Å². The highest BCUT2D eigenvalue weighted by Crippen LogP contribution is 2.22. The second-order valence-corrected chi connectivity index (χ2v) is 5.63. The largest absolute Gasteiger partial charge is 0.497 e. The average molecular weight is 362 g/mol. The van der Waals surface area contributed by atoms with Gasteiger partial charge in [-0.05, 0) is 42.5 Å². The van der Waals surface area contributed by atoms with Crippen LogP contribution in [0.15, 0.2) is 60.9 Å². The van der Waals surface area contributed by atoms with Crippen molar-refractivity contribution in [3.8, 4) is 17.0 Å². The number of benzene rings is 2. The topological polar surface area (TPSA) is 93.2 Å². The summed E-state index contributed by atoms with van der Waals surface area (Å²) in [6.45, 7) is 0. The number of hydrogen-bond acceptors (Lipinski definition) is 5. The number of ether oxygens (including phenoxy) is 1. The van der Waals surface area contributed by atoms with Crippen LogP contribution in [0, 0.1) is 0 Å². The van der Waals surface area contributed by atoms with Crippen molar-refractivity contribution in [3.05, 3.63) is 72.1 Å². The summed E-state index contributed by atoms with van der Waals surface area (Å²) in [5.41, 5.74) is 2.31. The van der Waals surface area contributed by atoms with Gasteiger partial charge in [0.1, 0.15) is 17.9 Å². The third-order valence-corrected chi connectivity index (χ3v) is 3.91. The first-order valence-electron chi connectivity index (χ1n) is 8.20. The summed E-state index contributed by atoms with van der Waals surface area (Å²) in [5, 5.41) is 5.26. The molecule has 7 heteroatoms. The molecule has 0 saturated carbocycles. The summed E-state index contributed by atoms with van der Waals surface area (Å²) in [5.74, 6) is 0.497. The molecule has 3 rings (SSSR count). The van der Waals surface area contributed by atoms with Crippen LogP contribution in [0.5, 0.6) is 5.75 Å². The van der Waals surface area contributed by atoms with E-state index in [1.54, 1.807) is 31.4 Å². The molecule has 0 unspecified atom stereocenters. The Balaban J connectivity index is 1.79. The lowest BCUT2D eigenvalue weighted by atomic mass is 10.1. The molecule has 0 radical (unpaired) electrons. The number of carbonyl (C=O) groups excluding carboxylic acids is 2. The van der Waals surface area contributed by atoms with E-state index >= 15 is 0 Å². The Morgan fingerprint density at radius 2 is 1.63 bits per heavy atom. The van der Waals surface area contributed by atoms with Crippen molar-refractivity contribution in [3.63, 3.8) is 0 Å². The Labute approximate surface area is 156 Å². The molecule has 2 aromatic carbocycles.